The van der Waals surface area contributed by atoms with Crippen LogP contribution in [0.5, 0.6) is 0 Å². The molecule has 7 rings (SSSR count). The van der Waals surface area contributed by atoms with Gasteiger partial charge in [-0.1, -0.05) is 18.2 Å². The van der Waals surface area contributed by atoms with Gasteiger partial charge >= 0.3 is 0 Å². The molecular weight excluding hydrogens is 559 g/mol. The number of aryl methyl sites for hydroxylation is 1. The van der Waals surface area contributed by atoms with E-state index < -0.39 is 34.7 Å². The topological polar surface area (TPSA) is 116 Å². The van der Waals surface area contributed by atoms with E-state index in [2.05, 4.69) is 26.7 Å². The maximum atomic E-state index is 15.9. The SMILES string of the molecule is C[C@H]1Nc2ncnc3c2cc(C2(C#N)CC2)c(=O)n3CCCCNC(=O)CN2CCC(CC2)C(F)(F)c2cccc1c2F. The number of rotatable bonds is 1. The zero-order chi connectivity index (χ0) is 30.4. The molecular formula is C31H34F3N7O2. The second kappa shape index (κ2) is 11.3. The van der Waals surface area contributed by atoms with Crippen LogP contribution < -0.4 is 16.2 Å². The number of carbonyl (C=O) groups is 1. The van der Waals surface area contributed by atoms with Crippen LogP contribution in [0.15, 0.2) is 35.4 Å². The molecule has 2 N–H and O–H groups in total. The van der Waals surface area contributed by atoms with Gasteiger partial charge in [0.25, 0.3) is 11.5 Å². The van der Waals surface area contributed by atoms with Gasteiger partial charge in [-0.05, 0) is 64.6 Å². The Morgan fingerprint density at radius 3 is 2.56 bits per heavy atom. The van der Waals surface area contributed by atoms with Crippen LogP contribution in [0.4, 0.5) is 19.0 Å². The highest BCUT2D eigenvalue weighted by Gasteiger charge is 2.48. The van der Waals surface area contributed by atoms with Crippen molar-refractivity contribution in [2.75, 3.05) is 31.5 Å². The molecule has 2 aromatic heterocycles. The summed E-state index contributed by atoms with van der Waals surface area (Å²) in [7, 11) is 0. The highest BCUT2D eigenvalue weighted by atomic mass is 19.3. The number of piperidine rings is 1. The van der Waals surface area contributed by atoms with Crippen molar-refractivity contribution in [3.05, 3.63) is 63.5 Å². The van der Waals surface area contributed by atoms with Gasteiger partial charge in [0, 0.05) is 30.1 Å². The molecule has 1 amide bonds. The van der Waals surface area contributed by atoms with Crippen LogP contribution in [0, 0.1) is 23.1 Å². The number of hydrogen-bond acceptors (Lipinski definition) is 7. The molecule has 1 saturated heterocycles. The molecule has 0 radical (unpaired) electrons. The van der Waals surface area contributed by atoms with Crippen LogP contribution in [-0.4, -0.2) is 51.5 Å². The summed E-state index contributed by atoms with van der Waals surface area (Å²) in [5, 5.41) is 16.4. The predicted octanol–water partition coefficient (Wildman–Crippen LogP) is 4.37. The van der Waals surface area contributed by atoms with Gasteiger partial charge < -0.3 is 10.6 Å². The molecule has 1 saturated carbocycles. The van der Waals surface area contributed by atoms with E-state index in [1.165, 1.54) is 23.0 Å². The average Bonchev–Trinajstić information content (AvgIpc) is 3.79. The minimum atomic E-state index is -3.39. The van der Waals surface area contributed by atoms with E-state index in [1.54, 1.807) is 13.0 Å². The van der Waals surface area contributed by atoms with Crippen LogP contribution in [0.3, 0.4) is 0 Å². The Balaban J connectivity index is 1.44. The van der Waals surface area contributed by atoms with Crippen molar-refractivity contribution in [2.45, 2.75) is 69.4 Å². The fourth-order valence-corrected chi connectivity index (χ4v) is 6.39. The van der Waals surface area contributed by atoms with Gasteiger partial charge in [-0.2, -0.15) is 5.26 Å². The normalized spacial score (nSPS) is 25.3. The minimum Gasteiger partial charge on any atom is -0.363 e. The molecule has 12 heteroatoms. The summed E-state index contributed by atoms with van der Waals surface area (Å²) in [6.07, 6.45) is 3.89. The van der Waals surface area contributed by atoms with Gasteiger partial charge in [0.2, 0.25) is 5.91 Å². The molecule has 2 fully saturated rings. The summed E-state index contributed by atoms with van der Waals surface area (Å²) in [5.74, 6) is -5.30. The number of benzene rings is 1. The summed E-state index contributed by atoms with van der Waals surface area (Å²) in [4.78, 5) is 36.8. The van der Waals surface area contributed by atoms with Gasteiger partial charge in [0.15, 0.2) is 0 Å². The van der Waals surface area contributed by atoms with Crippen LogP contribution >= 0.6 is 0 Å². The van der Waals surface area contributed by atoms with E-state index >= 15 is 13.2 Å². The lowest BCUT2D eigenvalue weighted by Crippen LogP contribution is -2.44. The third-order valence-electron chi connectivity index (χ3n) is 9.17. The maximum Gasteiger partial charge on any atom is 0.278 e. The molecule has 0 unspecified atom stereocenters. The molecule has 8 bridgehead atoms. The fourth-order valence-electron chi connectivity index (χ4n) is 6.39. The number of alkyl halides is 2. The highest BCUT2D eigenvalue weighted by Crippen LogP contribution is 2.47. The lowest BCUT2D eigenvalue weighted by Gasteiger charge is -2.36. The number of pyridine rings is 1. The fraction of sp³-hybridized carbons (Fsp3) is 0.516. The summed E-state index contributed by atoms with van der Waals surface area (Å²) in [6.45, 7) is 3.12. The average molecular weight is 594 g/mol. The van der Waals surface area contributed by atoms with Crippen LogP contribution in [0.2, 0.25) is 0 Å². The summed E-state index contributed by atoms with van der Waals surface area (Å²) in [6, 6.07) is 7.23. The summed E-state index contributed by atoms with van der Waals surface area (Å²) >= 11 is 0. The molecule has 4 aliphatic rings. The van der Waals surface area contributed by atoms with Gasteiger partial charge in [0.1, 0.15) is 23.6 Å². The standard InChI is InChI=1S/C31H34F3N7O2/c1-19-21-5-4-6-23(26(21)32)31(33,34)20-7-13-40(14-8-20)16-25(42)36-11-2-3-12-41-28-22(27(39-19)37-18-38-28)15-24(29(41)43)30(17-35)9-10-30/h4-6,15,18-20H,2-3,7-14,16H2,1H3,(H,36,42)(H,37,38,39)/t19-/m1/s1. The predicted molar refractivity (Wildman–Crippen MR) is 154 cm³/mol. The maximum absolute atomic E-state index is 15.9. The van der Waals surface area contributed by atoms with Crippen molar-refractivity contribution >= 4 is 22.8 Å². The molecule has 9 nitrogen and oxygen atoms in total. The van der Waals surface area contributed by atoms with Crippen molar-refractivity contribution in [3.63, 3.8) is 0 Å². The van der Waals surface area contributed by atoms with Gasteiger partial charge in [0.05, 0.1) is 35.0 Å². The van der Waals surface area contributed by atoms with E-state index in [0.717, 1.165) is 6.07 Å². The molecule has 3 aromatic rings. The Kier molecular flexibility index (Phi) is 7.62. The van der Waals surface area contributed by atoms with Crippen molar-refractivity contribution in [1.82, 2.24) is 24.8 Å². The molecule has 1 aromatic carbocycles. The molecule has 43 heavy (non-hydrogen) atoms. The first-order valence-corrected chi connectivity index (χ1v) is 14.9. The lowest BCUT2D eigenvalue weighted by molar-refractivity contribution is -0.123. The lowest BCUT2D eigenvalue weighted by atomic mass is 9.85. The molecule has 0 spiro atoms. The number of carbonyl (C=O) groups excluding carboxylic acids is 1. The summed E-state index contributed by atoms with van der Waals surface area (Å²) in [5.41, 5.74) is -1.05. The monoisotopic (exact) mass is 593 g/mol. The zero-order valence-corrected chi connectivity index (χ0v) is 24.0. The van der Waals surface area contributed by atoms with Crippen molar-refractivity contribution in [2.24, 2.45) is 5.92 Å². The molecule has 1 aliphatic carbocycles. The number of amides is 1. The van der Waals surface area contributed by atoms with Crippen LogP contribution in [0.1, 0.15) is 68.2 Å². The van der Waals surface area contributed by atoms with Crippen LogP contribution in [-0.2, 0) is 22.7 Å². The number of fused-ring (bicyclic) bond motifs is 9. The quantitative estimate of drug-likeness (QED) is 0.431. The zero-order valence-electron chi connectivity index (χ0n) is 24.0. The van der Waals surface area contributed by atoms with E-state index in [1.807, 2.05) is 4.90 Å². The second-order valence-corrected chi connectivity index (χ2v) is 12.0. The second-order valence-electron chi connectivity index (χ2n) is 12.0. The number of anilines is 1. The number of nitrogens with one attached hydrogen (secondary N) is 2. The van der Waals surface area contributed by atoms with E-state index in [0.29, 0.717) is 74.3 Å². The number of nitriles is 1. The number of nitrogens with zero attached hydrogens (tertiary/aromatic N) is 5. The Labute approximate surface area is 247 Å². The van der Waals surface area contributed by atoms with Crippen molar-refractivity contribution < 1.29 is 18.0 Å². The Morgan fingerprint density at radius 2 is 1.84 bits per heavy atom. The van der Waals surface area contributed by atoms with E-state index in [-0.39, 0.29) is 36.4 Å². The molecule has 226 valence electrons. The van der Waals surface area contributed by atoms with Crippen molar-refractivity contribution in [1.29, 1.82) is 5.26 Å². The van der Waals surface area contributed by atoms with Gasteiger partial charge in [-0.15, -0.1) is 0 Å². The number of halogens is 3. The third-order valence-corrected chi connectivity index (χ3v) is 9.17. The van der Waals surface area contributed by atoms with E-state index in [9.17, 15) is 14.9 Å². The summed E-state index contributed by atoms with van der Waals surface area (Å²) < 4.78 is 49.0. The Morgan fingerprint density at radius 1 is 1.07 bits per heavy atom. The van der Waals surface area contributed by atoms with Crippen LogP contribution in [0.25, 0.3) is 11.0 Å². The Bertz CT molecular complexity index is 1660. The number of aromatic nitrogens is 3. The smallest absolute Gasteiger partial charge is 0.278 e. The molecule has 3 aliphatic heterocycles. The molecule has 1 atom stereocenters. The minimum absolute atomic E-state index is 0.0631. The van der Waals surface area contributed by atoms with Gasteiger partial charge in [-0.25, -0.2) is 23.1 Å². The van der Waals surface area contributed by atoms with E-state index in [4.69, 9.17) is 0 Å². The van der Waals surface area contributed by atoms with Crippen molar-refractivity contribution in [3.8, 4) is 6.07 Å². The first-order chi connectivity index (χ1) is 20.6. The molecule has 5 heterocycles. The highest BCUT2D eigenvalue weighted by molar-refractivity contribution is 5.87. The first kappa shape index (κ1) is 29.1. The van der Waals surface area contributed by atoms with Gasteiger partial charge in [-0.3, -0.25) is 19.1 Å². The number of hydrogen-bond donors (Lipinski definition) is 2. The third kappa shape index (κ3) is 5.35. The largest absolute Gasteiger partial charge is 0.363 e. The Hall–Kier alpha value is -3.98. The first-order valence-electron chi connectivity index (χ1n) is 14.9.